The zero-order valence-corrected chi connectivity index (χ0v) is 13.0. The van der Waals surface area contributed by atoms with Crippen molar-refractivity contribution in [1.29, 1.82) is 0 Å². The lowest BCUT2D eigenvalue weighted by Gasteiger charge is -2.03. The van der Waals surface area contributed by atoms with E-state index in [1.165, 1.54) is 11.3 Å². The van der Waals surface area contributed by atoms with E-state index >= 15 is 0 Å². The number of hydrogen-bond donors (Lipinski definition) is 2. The van der Waals surface area contributed by atoms with Crippen LogP contribution in [0.15, 0.2) is 18.2 Å². The number of amides is 1. The number of carbonyl (C=O) groups is 1. The van der Waals surface area contributed by atoms with Gasteiger partial charge in [-0.15, -0.1) is 29.5 Å². The van der Waals surface area contributed by atoms with Gasteiger partial charge in [0.2, 0.25) is 0 Å². The van der Waals surface area contributed by atoms with Gasteiger partial charge in [0.1, 0.15) is 4.88 Å². The minimum Gasteiger partial charge on any atom is -0.397 e. The average molecular weight is 325 g/mol. The molecule has 6 heteroatoms. The van der Waals surface area contributed by atoms with Gasteiger partial charge in [-0.1, -0.05) is 17.5 Å². The molecule has 3 nitrogen and oxygen atoms in total. The fourth-order valence-electron chi connectivity index (χ4n) is 1.71. The van der Waals surface area contributed by atoms with Gasteiger partial charge < -0.3 is 11.1 Å². The van der Waals surface area contributed by atoms with Crippen LogP contribution < -0.4 is 11.1 Å². The number of halogens is 1. The number of carbonyl (C=O) groups excluding carboxylic acids is 1. The molecule has 104 valence electrons. The summed E-state index contributed by atoms with van der Waals surface area (Å²) in [6.07, 6.45) is 5.15. The van der Waals surface area contributed by atoms with Gasteiger partial charge in [-0.25, -0.2) is 0 Å². The van der Waals surface area contributed by atoms with Gasteiger partial charge in [0.05, 0.1) is 11.4 Å². The molecule has 0 saturated heterocycles. The fraction of sp³-hybridized carbons (Fsp3) is 0.214. The van der Waals surface area contributed by atoms with Gasteiger partial charge in [-0.3, -0.25) is 4.79 Å². The molecule has 0 bridgehead atoms. The maximum absolute atomic E-state index is 12.1. The van der Waals surface area contributed by atoms with Crippen LogP contribution in [0, 0.1) is 12.3 Å². The monoisotopic (exact) mass is 324 g/mol. The summed E-state index contributed by atoms with van der Waals surface area (Å²) in [4.78, 5) is 12.6. The molecule has 1 aromatic heterocycles. The zero-order valence-electron chi connectivity index (χ0n) is 10.6. The predicted molar refractivity (Wildman–Crippen MR) is 89.7 cm³/mol. The highest BCUT2D eigenvalue weighted by Crippen LogP contribution is 2.35. The number of nitrogens with two attached hydrogens (primary N) is 1. The van der Waals surface area contributed by atoms with Crippen molar-refractivity contribution in [3.63, 3.8) is 0 Å². The third-order valence-corrected chi connectivity index (χ3v) is 4.88. The molecule has 0 atom stereocenters. The van der Waals surface area contributed by atoms with Crippen LogP contribution in [-0.2, 0) is 0 Å². The summed E-state index contributed by atoms with van der Waals surface area (Å²) in [5.74, 6) is 3.82. The van der Waals surface area contributed by atoms with Crippen molar-refractivity contribution >= 4 is 56.4 Å². The number of terminal acetylenes is 1. The van der Waals surface area contributed by atoms with Crippen LogP contribution in [0.4, 0.5) is 5.69 Å². The Hall–Kier alpha value is -1.35. The van der Waals surface area contributed by atoms with Crippen LogP contribution in [0.25, 0.3) is 10.1 Å². The second-order valence-corrected chi connectivity index (χ2v) is 6.59. The Morgan fingerprint density at radius 1 is 1.55 bits per heavy atom. The Morgan fingerprint density at radius 3 is 3.10 bits per heavy atom. The number of thioether (sulfide) groups is 1. The lowest BCUT2D eigenvalue weighted by Crippen LogP contribution is -2.25. The second kappa shape index (κ2) is 6.89. The maximum Gasteiger partial charge on any atom is 0.263 e. The first-order valence-corrected chi connectivity index (χ1v) is 8.25. The normalized spacial score (nSPS) is 10.4. The third-order valence-electron chi connectivity index (χ3n) is 2.61. The van der Waals surface area contributed by atoms with Crippen molar-refractivity contribution in [3.05, 3.63) is 28.1 Å². The third kappa shape index (κ3) is 3.40. The molecule has 0 aliphatic carbocycles. The number of benzene rings is 1. The molecular formula is C14H13ClN2OS2. The van der Waals surface area contributed by atoms with E-state index in [0.29, 0.717) is 27.9 Å². The van der Waals surface area contributed by atoms with E-state index in [-0.39, 0.29) is 5.91 Å². The Labute approximate surface area is 130 Å². The Bertz CT molecular complexity index is 676. The van der Waals surface area contributed by atoms with Crippen molar-refractivity contribution in [3.8, 4) is 12.3 Å². The van der Waals surface area contributed by atoms with Gasteiger partial charge in [-0.2, -0.15) is 0 Å². The minimum absolute atomic E-state index is 0.152. The molecule has 2 rings (SSSR count). The van der Waals surface area contributed by atoms with Crippen LogP contribution in [0.2, 0.25) is 5.02 Å². The number of nitrogen functional groups attached to an aromatic ring is 1. The molecule has 0 radical (unpaired) electrons. The lowest BCUT2D eigenvalue weighted by atomic mass is 10.2. The lowest BCUT2D eigenvalue weighted by molar-refractivity contribution is 0.0961. The SMILES string of the molecule is C#CCSCCNC(=O)c1sc2cc(Cl)ccc2c1N. The number of thiophene rings is 1. The molecule has 20 heavy (non-hydrogen) atoms. The molecule has 0 spiro atoms. The highest BCUT2D eigenvalue weighted by Gasteiger charge is 2.15. The molecule has 1 amide bonds. The summed E-state index contributed by atoms with van der Waals surface area (Å²) >= 11 is 8.90. The highest BCUT2D eigenvalue weighted by atomic mass is 35.5. The molecule has 0 unspecified atom stereocenters. The van der Waals surface area contributed by atoms with Gasteiger partial charge >= 0.3 is 0 Å². The molecule has 2 aromatic rings. The first-order chi connectivity index (χ1) is 9.63. The van der Waals surface area contributed by atoms with E-state index in [9.17, 15) is 4.79 Å². The number of fused-ring (bicyclic) bond motifs is 1. The maximum atomic E-state index is 12.1. The summed E-state index contributed by atoms with van der Waals surface area (Å²) < 4.78 is 0.918. The quantitative estimate of drug-likeness (QED) is 0.656. The van der Waals surface area contributed by atoms with Crippen molar-refractivity contribution in [2.45, 2.75) is 0 Å². The molecule has 0 aliphatic heterocycles. The van der Waals surface area contributed by atoms with Crippen LogP contribution >= 0.6 is 34.7 Å². The summed E-state index contributed by atoms with van der Waals surface area (Å²) in [6.45, 7) is 0.569. The molecule has 3 N–H and O–H groups in total. The van der Waals surface area contributed by atoms with Crippen molar-refractivity contribution in [2.75, 3.05) is 23.8 Å². The Kier molecular flexibility index (Phi) is 5.18. The van der Waals surface area contributed by atoms with E-state index in [1.54, 1.807) is 17.8 Å². The summed E-state index contributed by atoms with van der Waals surface area (Å²) in [7, 11) is 0. The van der Waals surface area contributed by atoms with Crippen molar-refractivity contribution in [2.24, 2.45) is 0 Å². The van der Waals surface area contributed by atoms with Gasteiger partial charge in [-0.05, 0) is 18.2 Å². The number of hydrogen-bond acceptors (Lipinski definition) is 4. The van der Waals surface area contributed by atoms with Crippen molar-refractivity contribution in [1.82, 2.24) is 5.32 Å². The summed E-state index contributed by atoms with van der Waals surface area (Å²) in [6, 6.07) is 5.42. The predicted octanol–water partition coefficient (Wildman–Crippen LogP) is 3.23. The highest BCUT2D eigenvalue weighted by molar-refractivity contribution is 7.99. The molecule has 1 heterocycles. The van der Waals surface area contributed by atoms with Crippen molar-refractivity contribution < 1.29 is 4.79 Å². The fourth-order valence-corrected chi connectivity index (χ4v) is 3.53. The molecule has 0 fully saturated rings. The van der Waals surface area contributed by atoms with Crippen LogP contribution in [0.5, 0.6) is 0 Å². The van der Waals surface area contributed by atoms with E-state index < -0.39 is 0 Å². The molecule has 0 aliphatic rings. The van der Waals surface area contributed by atoms with Crippen LogP contribution in [0.3, 0.4) is 0 Å². The second-order valence-electron chi connectivity index (χ2n) is 4.00. The molecular weight excluding hydrogens is 312 g/mol. The average Bonchev–Trinajstić information content (AvgIpc) is 2.75. The van der Waals surface area contributed by atoms with E-state index in [2.05, 4.69) is 11.2 Å². The standard InChI is InChI=1S/C14H13ClN2OS2/c1-2-6-19-7-5-17-14(18)13-12(16)10-4-3-9(15)8-11(10)20-13/h1,3-4,8H,5-7,16H2,(H,17,18). The molecule has 1 aromatic carbocycles. The van der Waals surface area contributed by atoms with E-state index in [1.807, 2.05) is 12.1 Å². The first kappa shape index (κ1) is 15.0. The summed E-state index contributed by atoms with van der Waals surface area (Å²) in [5.41, 5.74) is 6.53. The van der Waals surface area contributed by atoms with E-state index in [0.717, 1.165) is 15.8 Å². The van der Waals surface area contributed by atoms with Gasteiger partial charge in [0, 0.05) is 27.4 Å². The van der Waals surface area contributed by atoms with E-state index in [4.69, 9.17) is 23.8 Å². The topological polar surface area (TPSA) is 55.1 Å². The Morgan fingerprint density at radius 2 is 2.35 bits per heavy atom. The Balaban J connectivity index is 2.07. The first-order valence-electron chi connectivity index (χ1n) is 5.90. The van der Waals surface area contributed by atoms with Gasteiger partial charge in [0.15, 0.2) is 0 Å². The van der Waals surface area contributed by atoms with Crippen LogP contribution in [0.1, 0.15) is 9.67 Å². The van der Waals surface area contributed by atoms with Crippen LogP contribution in [-0.4, -0.2) is 24.0 Å². The number of anilines is 1. The smallest absolute Gasteiger partial charge is 0.263 e. The minimum atomic E-state index is -0.152. The number of nitrogens with one attached hydrogen (secondary N) is 1. The molecule has 0 saturated carbocycles. The largest absolute Gasteiger partial charge is 0.397 e. The number of rotatable bonds is 5. The zero-order chi connectivity index (χ0) is 14.5. The van der Waals surface area contributed by atoms with Gasteiger partial charge in [0.25, 0.3) is 5.91 Å². The summed E-state index contributed by atoms with van der Waals surface area (Å²) in [5, 5.41) is 4.35.